The zero-order chi connectivity index (χ0) is 14.8. The second kappa shape index (κ2) is 6.00. The summed E-state index contributed by atoms with van der Waals surface area (Å²) in [4.78, 5) is 24.2. The van der Waals surface area contributed by atoms with Crippen molar-refractivity contribution in [3.63, 3.8) is 0 Å². The van der Waals surface area contributed by atoms with Gasteiger partial charge in [0, 0.05) is 23.6 Å². The van der Waals surface area contributed by atoms with Crippen LogP contribution in [0.1, 0.15) is 61.4 Å². The van der Waals surface area contributed by atoms with Gasteiger partial charge in [0.05, 0.1) is 0 Å². The number of benzene rings is 1. The van der Waals surface area contributed by atoms with Gasteiger partial charge in [0.15, 0.2) is 5.78 Å². The molecule has 1 N–H and O–H groups in total. The summed E-state index contributed by atoms with van der Waals surface area (Å²) in [6.07, 6.45) is 6.67. The zero-order valence-corrected chi connectivity index (χ0v) is 12.7. The van der Waals surface area contributed by atoms with Crippen LogP contribution in [0.25, 0.3) is 0 Å². The van der Waals surface area contributed by atoms with Crippen LogP contribution in [0.4, 0.5) is 5.69 Å². The number of amides is 1. The average molecular weight is 285 g/mol. The molecule has 3 heteroatoms. The van der Waals surface area contributed by atoms with Crippen molar-refractivity contribution < 1.29 is 9.59 Å². The Morgan fingerprint density at radius 1 is 1.14 bits per heavy atom. The largest absolute Gasteiger partial charge is 0.326 e. The summed E-state index contributed by atoms with van der Waals surface area (Å²) < 4.78 is 0. The molecule has 1 aliphatic heterocycles. The molecule has 3 nitrogen and oxygen atoms in total. The van der Waals surface area contributed by atoms with Gasteiger partial charge in [0.1, 0.15) is 0 Å². The zero-order valence-electron chi connectivity index (χ0n) is 12.7. The van der Waals surface area contributed by atoms with Crippen molar-refractivity contribution in [1.29, 1.82) is 0 Å². The van der Waals surface area contributed by atoms with Gasteiger partial charge in [-0.25, -0.2) is 0 Å². The second-order valence-corrected chi connectivity index (χ2v) is 6.59. The van der Waals surface area contributed by atoms with E-state index in [0.29, 0.717) is 12.2 Å². The summed E-state index contributed by atoms with van der Waals surface area (Å²) in [5, 5.41) is 2.92. The number of hydrogen-bond acceptors (Lipinski definition) is 2. The van der Waals surface area contributed by atoms with Crippen LogP contribution in [-0.4, -0.2) is 11.7 Å². The quantitative estimate of drug-likeness (QED) is 0.836. The third-order valence-corrected chi connectivity index (χ3v) is 4.90. The van der Waals surface area contributed by atoms with Gasteiger partial charge in [-0.1, -0.05) is 19.8 Å². The normalized spacial score (nSPS) is 25.7. The number of hydrogen-bond donors (Lipinski definition) is 1. The fourth-order valence-electron chi connectivity index (χ4n) is 3.49. The lowest BCUT2D eigenvalue weighted by molar-refractivity contribution is -0.116. The van der Waals surface area contributed by atoms with Crippen LogP contribution in [0.15, 0.2) is 18.2 Å². The summed E-state index contributed by atoms with van der Waals surface area (Å²) in [5.74, 6) is 1.32. The maximum atomic E-state index is 12.7. The lowest BCUT2D eigenvalue weighted by atomic mass is 9.79. The number of fused-ring (bicyclic) bond motifs is 1. The Labute approximate surface area is 126 Å². The van der Waals surface area contributed by atoms with Crippen LogP contribution in [0, 0.1) is 11.8 Å². The lowest BCUT2D eigenvalue weighted by Crippen LogP contribution is -2.21. The van der Waals surface area contributed by atoms with Crippen LogP contribution >= 0.6 is 0 Å². The molecule has 0 unspecified atom stereocenters. The van der Waals surface area contributed by atoms with E-state index in [-0.39, 0.29) is 11.8 Å². The fraction of sp³-hybridized carbons (Fsp3) is 0.556. The summed E-state index contributed by atoms with van der Waals surface area (Å²) in [6.45, 7) is 2.27. The van der Waals surface area contributed by atoms with E-state index in [9.17, 15) is 9.59 Å². The number of carbonyl (C=O) groups is 2. The third kappa shape index (κ3) is 3.17. The number of nitrogens with one attached hydrogen (secondary N) is 1. The summed E-state index contributed by atoms with van der Waals surface area (Å²) in [5.41, 5.74) is 2.81. The van der Waals surface area contributed by atoms with E-state index in [0.717, 1.165) is 61.3 Å². The predicted molar refractivity (Wildman–Crippen MR) is 83.5 cm³/mol. The molecule has 0 radical (unpaired) electrons. The van der Waals surface area contributed by atoms with E-state index in [1.165, 1.54) is 0 Å². The highest BCUT2D eigenvalue weighted by molar-refractivity contribution is 5.99. The number of aryl methyl sites for hydroxylation is 1. The topological polar surface area (TPSA) is 46.2 Å². The number of anilines is 1. The Balaban J connectivity index is 1.78. The smallest absolute Gasteiger partial charge is 0.224 e. The van der Waals surface area contributed by atoms with E-state index in [2.05, 4.69) is 12.2 Å². The molecule has 0 spiro atoms. The minimum Gasteiger partial charge on any atom is -0.326 e. The van der Waals surface area contributed by atoms with Crippen LogP contribution in [-0.2, 0) is 11.2 Å². The maximum absolute atomic E-state index is 12.7. The molecule has 112 valence electrons. The lowest BCUT2D eigenvalue weighted by Gasteiger charge is -2.25. The van der Waals surface area contributed by atoms with Crippen molar-refractivity contribution in [2.45, 2.75) is 51.9 Å². The maximum Gasteiger partial charge on any atom is 0.224 e. The van der Waals surface area contributed by atoms with E-state index in [1.54, 1.807) is 0 Å². The van der Waals surface area contributed by atoms with Crippen molar-refractivity contribution in [1.82, 2.24) is 0 Å². The molecule has 1 aromatic carbocycles. The first-order valence-corrected chi connectivity index (χ1v) is 8.10. The van der Waals surface area contributed by atoms with Gasteiger partial charge >= 0.3 is 0 Å². The van der Waals surface area contributed by atoms with Crippen molar-refractivity contribution >= 4 is 17.4 Å². The highest BCUT2D eigenvalue weighted by Gasteiger charge is 2.26. The van der Waals surface area contributed by atoms with Gasteiger partial charge in [-0.2, -0.15) is 0 Å². The first kappa shape index (κ1) is 14.3. The van der Waals surface area contributed by atoms with E-state index in [4.69, 9.17) is 0 Å². The van der Waals surface area contributed by atoms with Gasteiger partial charge in [0.2, 0.25) is 5.91 Å². The first-order valence-electron chi connectivity index (χ1n) is 8.10. The molecular formula is C18H23NO2. The number of carbonyl (C=O) groups excluding carboxylic acids is 2. The Morgan fingerprint density at radius 2 is 1.90 bits per heavy atom. The number of ketones is 1. The Hall–Kier alpha value is -1.64. The van der Waals surface area contributed by atoms with Crippen molar-refractivity contribution in [2.24, 2.45) is 11.8 Å². The van der Waals surface area contributed by atoms with Crippen molar-refractivity contribution in [3.05, 3.63) is 29.3 Å². The minimum absolute atomic E-state index is 0.0779. The van der Waals surface area contributed by atoms with Gasteiger partial charge < -0.3 is 5.32 Å². The second-order valence-electron chi connectivity index (χ2n) is 6.59. The van der Waals surface area contributed by atoms with Crippen LogP contribution in [0.3, 0.4) is 0 Å². The molecule has 3 rings (SSSR count). The summed E-state index contributed by atoms with van der Waals surface area (Å²) in [6, 6.07) is 5.78. The summed E-state index contributed by atoms with van der Waals surface area (Å²) in [7, 11) is 0. The van der Waals surface area contributed by atoms with Crippen LogP contribution in [0.2, 0.25) is 0 Å². The molecule has 1 fully saturated rings. The SMILES string of the molecule is CC1CCC(C(=O)c2ccc3c(c2)CCCC(=O)N3)CC1. The van der Waals surface area contributed by atoms with E-state index >= 15 is 0 Å². The van der Waals surface area contributed by atoms with E-state index in [1.807, 2.05) is 18.2 Å². The molecule has 1 saturated carbocycles. The Bertz CT molecular complexity index is 556. The molecule has 1 amide bonds. The molecule has 1 aliphatic carbocycles. The van der Waals surface area contributed by atoms with Crippen molar-refractivity contribution in [2.75, 3.05) is 5.32 Å². The molecule has 2 aliphatic rings. The molecule has 0 aromatic heterocycles. The first-order chi connectivity index (χ1) is 10.1. The number of Topliss-reactive ketones (excluding diaryl/α,β-unsaturated/α-hetero) is 1. The standard InChI is InChI=1S/C18H23NO2/c1-12-5-7-13(8-6-12)18(21)15-9-10-16-14(11-15)3-2-4-17(20)19-16/h9-13H,2-8H2,1H3,(H,19,20). The number of rotatable bonds is 2. The molecule has 0 atom stereocenters. The van der Waals surface area contributed by atoms with Gasteiger partial charge in [-0.3, -0.25) is 9.59 Å². The van der Waals surface area contributed by atoms with Crippen LogP contribution < -0.4 is 5.32 Å². The summed E-state index contributed by atoms with van der Waals surface area (Å²) >= 11 is 0. The van der Waals surface area contributed by atoms with E-state index < -0.39 is 0 Å². The van der Waals surface area contributed by atoms with Gasteiger partial charge in [-0.05, 0) is 55.4 Å². The van der Waals surface area contributed by atoms with Gasteiger partial charge in [-0.15, -0.1) is 0 Å². The Morgan fingerprint density at radius 3 is 2.67 bits per heavy atom. The molecule has 0 saturated heterocycles. The molecule has 0 bridgehead atoms. The van der Waals surface area contributed by atoms with Crippen LogP contribution in [0.5, 0.6) is 0 Å². The van der Waals surface area contributed by atoms with Crippen molar-refractivity contribution in [3.8, 4) is 0 Å². The average Bonchev–Trinajstić information content (AvgIpc) is 2.67. The Kier molecular flexibility index (Phi) is 4.09. The fourth-order valence-corrected chi connectivity index (χ4v) is 3.49. The molecular weight excluding hydrogens is 262 g/mol. The molecule has 21 heavy (non-hydrogen) atoms. The highest BCUT2D eigenvalue weighted by Crippen LogP contribution is 2.32. The monoisotopic (exact) mass is 285 g/mol. The van der Waals surface area contributed by atoms with Gasteiger partial charge in [0.25, 0.3) is 0 Å². The molecule has 1 heterocycles. The minimum atomic E-state index is 0.0779. The predicted octanol–water partition coefficient (Wildman–Crippen LogP) is 3.97. The third-order valence-electron chi connectivity index (χ3n) is 4.90. The highest BCUT2D eigenvalue weighted by atomic mass is 16.1. The molecule has 1 aromatic rings.